The summed E-state index contributed by atoms with van der Waals surface area (Å²) >= 11 is 0. The van der Waals surface area contributed by atoms with Crippen molar-refractivity contribution in [3.8, 4) is 11.8 Å². The third-order valence-corrected chi connectivity index (χ3v) is 0.869. The summed E-state index contributed by atoms with van der Waals surface area (Å²) in [5.74, 6) is 5.60. The Morgan fingerprint density at radius 3 is 2.62 bits per heavy atom. The smallest absolute Gasteiger partial charge is 0.0712 e. The molecule has 45 valence electrons. The topological polar surface area (TPSA) is 23.8 Å². The van der Waals surface area contributed by atoms with Crippen LogP contribution in [0.25, 0.3) is 0 Å². The average molecular weight is 110 g/mol. The quantitative estimate of drug-likeness (QED) is 0.379. The minimum Gasteiger partial charge on any atom is -0.245 e. The van der Waals surface area contributed by atoms with Crippen molar-refractivity contribution >= 4 is 0 Å². The molecule has 1 N–H and O–H groups in total. The molecular weight excluding hydrogens is 98.1 g/mol. The molecule has 0 aromatic heterocycles. The fourth-order valence-electron chi connectivity index (χ4n) is 0.416. The van der Waals surface area contributed by atoms with Crippen LogP contribution < -0.4 is 5.73 Å². The van der Waals surface area contributed by atoms with E-state index in [4.69, 9.17) is 5.73 Å². The zero-order chi connectivity index (χ0) is 6.24. The van der Waals surface area contributed by atoms with E-state index in [0.717, 1.165) is 6.42 Å². The van der Waals surface area contributed by atoms with Crippen molar-refractivity contribution in [3.05, 3.63) is 0 Å². The van der Waals surface area contributed by atoms with Gasteiger partial charge in [0.2, 0.25) is 0 Å². The predicted octanol–water partition coefficient (Wildman–Crippen LogP) is 1.46. The van der Waals surface area contributed by atoms with Gasteiger partial charge in [0.1, 0.15) is 0 Å². The zero-order valence-corrected chi connectivity index (χ0v) is 5.33. The van der Waals surface area contributed by atoms with Gasteiger partial charge in [-0.1, -0.05) is 19.3 Å². The van der Waals surface area contributed by atoms with Gasteiger partial charge in [-0.2, -0.15) is 0 Å². The Morgan fingerprint density at radius 1 is 1.38 bits per heavy atom. The van der Waals surface area contributed by atoms with Crippen LogP contribution in [0.3, 0.4) is 0 Å². The second-order valence-corrected chi connectivity index (χ2v) is 1.63. The molecule has 0 amide bonds. The Balaban J connectivity index is 2.90. The number of hydrogen-bond acceptors (Lipinski definition) is 0. The summed E-state index contributed by atoms with van der Waals surface area (Å²) in [4.78, 5) is 0. The summed E-state index contributed by atoms with van der Waals surface area (Å²) in [6.07, 6.45) is 3.34. The maximum Gasteiger partial charge on any atom is 0.0712 e. The van der Waals surface area contributed by atoms with E-state index in [2.05, 4.69) is 18.8 Å². The van der Waals surface area contributed by atoms with Gasteiger partial charge in [-0.3, -0.25) is 0 Å². The van der Waals surface area contributed by atoms with Gasteiger partial charge < -0.3 is 0 Å². The van der Waals surface area contributed by atoms with Crippen LogP contribution in [-0.2, 0) is 0 Å². The van der Waals surface area contributed by atoms with E-state index < -0.39 is 0 Å². The number of rotatable bonds is 2. The van der Waals surface area contributed by atoms with Gasteiger partial charge in [0.15, 0.2) is 0 Å². The third-order valence-electron chi connectivity index (χ3n) is 0.869. The van der Waals surface area contributed by atoms with Crippen molar-refractivity contribution in [2.24, 2.45) is 0 Å². The van der Waals surface area contributed by atoms with Crippen molar-refractivity contribution in [1.29, 1.82) is 0 Å². The largest absolute Gasteiger partial charge is 0.245 e. The Kier molecular flexibility index (Phi) is 6.13. The summed E-state index contributed by atoms with van der Waals surface area (Å²) in [5, 5.41) is 0. The molecule has 0 spiro atoms. The van der Waals surface area contributed by atoms with E-state index in [1.165, 1.54) is 12.8 Å². The van der Waals surface area contributed by atoms with Crippen LogP contribution in [0.4, 0.5) is 0 Å². The van der Waals surface area contributed by atoms with Gasteiger partial charge in [-0.15, -0.1) is 5.92 Å². The highest BCUT2D eigenvalue weighted by Gasteiger charge is 1.73. The molecule has 0 atom stereocenters. The summed E-state index contributed by atoms with van der Waals surface area (Å²) in [6, 6.07) is 0. The van der Waals surface area contributed by atoms with Crippen LogP contribution in [0.5, 0.6) is 0 Å². The standard InChI is InChI=1S/C7H12N/c1-2-3-4-5-6-7-8/h8H,2-4,7H2,1H3. The van der Waals surface area contributed by atoms with Gasteiger partial charge in [0, 0.05) is 6.42 Å². The first-order chi connectivity index (χ1) is 3.91. The Hall–Kier alpha value is -0.480. The van der Waals surface area contributed by atoms with Gasteiger partial charge in [0.25, 0.3) is 0 Å². The molecule has 1 heteroatoms. The van der Waals surface area contributed by atoms with E-state index in [1.807, 2.05) is 0 Å². The minimum absolute atomic E-state index is 0.254. The predicted molar refractivity (Wildman–Crippen MR) is 35.3 cm³/mol. The molecule has 0 heterocycles. The van der Waals surface area contributed by atoms with Crippen molar-refractivity contribution in [2.45, 2.75) is 26.2 Å². The Bertz CT molecular complexity index is 86.3. The molecule has 0 saturated heterocycles. The molecule has 1 nitrogen and oxygen atoms in total. The van der Waals surface area contributed by atoms with Crippen molar-refractivity contribution in [2.75, 3.05) is 6.54 Å². The lowest BCUT2D eigenvalue weighted by molar-refractivity contribution is 0.827. The van der Waals surface area contributed by atoms with E-state index in [9.17, 15) is 0 Å². The average Bonchev–Trinajstić information content (AvgIpc) is 1.81. The second-order valence-electron chi connectivity index (χ2n) is 1.63. The van der Waals surface area contributed by atoms with Crippen LogP contribution in [0.1, 0.15) is 26.2 Å². The van der Waals surface area contributed by atoms with Gasteiger partial charge in [-0.05, 0) is 6.42 Å². The fourth-order valence-corrected chi connectivity index (χ4v) is 0.416. The molecule has 1 radical (unpaired) electrons. The highest BCUT2D eigenvalue weighted by atomic mass is 14.5. The first kappa shape index (κ1) is 7.52. The lowest BCUT2D eigenvalue weighted by atomic mass is 10.2. The normalized spacial score (nSPS) is 7.75. The zero-order valence-electron chi connectivity index (χ0n) is 5.33. The molecule has 0 aliphatic carbocycles. The van der Waals surface area contributed by atoms with E-state index in [0.29, 0.717) is 0 Å². The number of hydrogen-bond donors (Lipinski definition) is 0. The van der Waals surface area contributed by atoms with Crippen molar-refractivity contribution in [1.82, 2.24) is 5.73 Å². The van der Waals surface area contributed by atoms with E-state index in [1.54, 1.807) is 0 Å². The summed E-state index contributed by atoms with van der Waals surface area (Å²) in [6.45, 7) is 2.39. The molecule has 0 aromatic rings. The Labute approximate surface area is 51.3 Å². The molecule has 0 rings (SSSR count). The van der Waals surface area contributed by atoms with E-state index in [-0.39, 0.29) is 6.54 Å². The van der Waals surface area contributed by atoms with E-state index >= 15 is 0 Å². The van der Waals surface area contributed by atoms with Crippen molar-refractivity contribution in [3.63, 3.8) is 0 Å². The molecule has 0 bridgehead atoms. The number of nitrogens with one attached hydrogen (secondary N) is 1. The van der Waals surface area contributed by atoms with Crippen LogP contribution in [0, 0.1) is 11.8 Å². The van der Waals surface area contributed by atoms with Crippen LogP contribution in [0.15, 0.2) is 0 Å². The molecule has 0 fully saturated rings. The van der Waals surface area contributed by atoms with Crippen LogP contribution in [0.2, 0.25) is 0 Å². The first-order valence-corrected chi connectivity index (χ1v) is 3.02. The minimum atomic E-state index is 0.254. The molecule has 0 unspecified atom stereocenters. The van der Waals surface area contributed by atoms with Gasteiger partial charge in [-0.25, -0.2) is 5.73 Å². The van der Waals surface area contributed by atoms with Gasteiger partial charge >= 0.3 is 0 Å². The highest BCUT2D eigenvalue weighted by Crippen LogP contribution is 1.89. The van der Waals surface area contributed by atoms with Gasteiger partial charge in [0.05, 0.1) is 6.54 Å². The first-order valence-electron chi connectivity index (χ1n) is 3.02. The van der Waals surface area contributed by atoms with Crippen LogP contribution >= 0.6 is 0 Å². The molecule has 0 aromatic carbocycles. The molecular formula is C7H12N. The monoisotopic (exact) mass is 110 g/mol. The molecule has 0 aliphatic rings. The Morgan fingerprint density at radius 2 is 2.12 bits per heavy atom. The summed E-state index contributed by atoms with van der Waals surface area (Å²) in [5.41, 5.74) is 6.66. The summed E-state index contributed by atoms with van der Waals surface area (Å²) < 4.78 is 0. The summed E-state index contributed by atoms with van der Waals surface area (Å²) in [7, 11) is 0. The number of unbranched alkanes of at least 4 members (excludes halogenated alkanes) is 2. The second kappa shape index (κ2) is 6.52. The third kappa shape index (κ3) is 5.52. The lowest BCUT2D eigenvalue weighted by Gasteiger charge is -1.81. The SMILES string of the molecule is CCCCC#CC[NH]. The molecule has 8 heavy (non-hydrogen) atoms. The maximum absolute atomic E-state index is 6.66. The molecule has 0 saturated carbocycles. The fraction of sp³-hybridized carbons (Fsp3) is 0.714. The molecule has 0 aliphatic heterocycles. The van der Waals surface area contributed by atoms with Crippen molar-refractivity contribution < 1.29 is 0 Å². The highest BCUT2D eigenvalue weighted by molar-refractivity contribution is 4.99. The lowest BCUT2D eigenvalue weighted by Crippen LogP contribution is -1.75. The maximum atomic E-state index is 6.66. The van der Waals surface area contributed by atoms with Crippen LogP contribution in [-0.4, -0.2) is 6.54 Å².